The van der Waals surface area contributed by atoms with Crippen LogP contribution in [0.15, 0.2) is 12.2 Å². The third kappa shape index (κ3) is 6.70. The van der Waals surface area contributed by atoms with Crippen molar-refractivity contribution in [2.75, 3.05) is 6.23 Å². The smallest absolute Gasteiger partial charge is 0.332 e. The normalized spacial score (nSPS) is 11.0. The summed E-state index contributed by atoms with van der Waals surface area (Å²) in [7, 11) is 0.174. The molecule has 0 spiro atoms. The molecule has 12 heavy (non-hydrogen) atoms. The molecular formula is C7H10Cl2O2Si. The van der Waals surface area contributed by atoms with Crippen molar-refractivity contribution in [2.24, 2.45) is 0 Å². The summed E-state index contributed by atoms with van der Waals surface area (Å²) in [5.74, 6) is -0.403. The molecule has 0 atom stereocenters. The number of esters is 1. The molecule has 0 bridgehead atoms. The van der Waals surface area contributed by atoms with Crippen LogP contribution in [-0.2, 0) is 9.53 Å². The summed E-state index contributed by atoms with van der Waals surface area (Å²) in [4.78, 5) is 10.8. The molecule has 2 radical (unpaired) electrons. The van der Waals surface area contributed by atoms with Gasteiger partial charge in [0.15, 0.2) is 0 Å². The number of carbonyl (C=O) groups is 1. The van der Waals surface area contributed by atoms with Gasteiger partial charge in [0.1, 0.15) is 13.5 Å². The number of hydrogen-bond donors (Lipinski definition) is 0. The van der Waals surface area contributed by atoms with Crippen LogP contribution in [0.25, 0.3) is 0 Å². The van der Waals surface area contributed by atoms with E-state index < -0.39 is 9.93 Å². The summed E-state index contributed by atoms with van der Waals surface area (Å²) in [6, 6.07) is 0. The number of alkyl halides is 2. The summed E-state index contributed by atoms with van der Waals surface area (Å²) < 4.78 is 3.97. The summed E-state index contributed by atoms with van der Waals surface area (Å²) in [5.41, 5.74) is 0.380. The lowest BCUT2D eigenvalue weighted by molar-refractivity contribution is -0.137. The van der Waals surface area contributed by atoms with Gasteiger partial charge in [0, 0.05) is 5.57 Å². The van der Waals surface area contributed by atoms with Crippen molar-refractivity contribution in [2.45, 2.75) is 17.8 Å². The Hall–Kier alpha value is 0.00688. The molecule has 0 saturated heterocycles. The lowest BCUT2D eigenvalue weighted by atomic mass is 10.4. The Morgan fingerprint density at radius 1 is 1.67 bits per heavy atom. The molecular weight excluding hydrogens is 215 g/mol. The average molecular weight is 225 g/mol. The van der Waals surface area contributed by atoms with Gasteiger partial charge in [0.05, 0.1) is 6.23 Å². The minimum atomic E-state index is -0.810. The van der Waals surface area contributed by atoms with Gasteiger partial charge in [-0.15, -0.1) is 23.2 Å². The lowest BCUT2D eigenvalue weighted by Crippen LogP contribution is -2.24. The summed E-state index contributed by atoms with van der Waals surface area (Å²) in [5, 5.41) is 0. The maximum Gasteiger partial charge on any atom is 0.332 e. The molecule has 0 saturated carbocycles. The Balaban J connectivity index is 3.58. The average Bonchev–Trinajstić information content (AvgIpc) is 1.84. The van der Waals surface area contributed by atoms with E-state index >= 15 is 0 Å². The van der Waals surface area contributed by atoms with Gasteiger partial charge in [-0.25, -0.2) is 4.79 Å². The van der Waals surface area contributed by atoms with Gasteiger partial charge in [0.25, 0.3) is 0 Å². The maximum atomic E-state index is 10.8. The van der Waals surface area contributed by atoms with Crippen LogP contribution >= 0.6 is 23.2 Å². The third-order valence-corrected chi connectivity index (χ3v) is 2.65. The van der Waals surface area contributed by atoms with Gasteiger partial charge in [0.2, 0.25) is 0 Å². The minimum absolute atomic E-state index is 0.174. The van der Waals surface area contributed by atoms with E-state index in [9.17, 15) is 4.79 Å². The highest BCUT2D eigenvalue weighted by atomic mass is 35.5. The number of carbonyl (C=O) groups excluding carboxylic acids is 1. The highest BCUT2D eigenvalue weighted by molar-refractivity contribution is 6.72. The van der Waals surface area contributed by atoms with Crippen molar-refractivity contribution in [1.29, 1.82) is 0 Å². The first-order valence-corrected chi connectivity index (χ1v) is 5.25. The van der Waals surface area contributed by atoms with E-state index in [1.165, 1.54) is 0 Å². The molecule has 0 aromatic rings. The van der Waals surface area contributed by atoms with Gasteiger partial charge in [-0.1, -0.05) is 6.58 Å². The molecule has 0 heterocycles. The predicted molar refractivity (Wildman–Crippen MR) is 51.6 cm³/mol. The van der Waals surface area contributed by atoms with Crippen LogP contribution in [-0.4, -0.2) is 25.7 Å². The van der Waals surface area contributed by atoms with Crippen LogP contribution in [0.5, 0.6) is 0 Å². The molecule has 0 aliphatic heterocycles. The molecule has 2 nitrogen and oxygen atoms in total. The molecule has 0 N–H and O–H groups in total. The fourth-order valence-electron chi connectivity index (χ4n) is 0.352. The highest BCUT2D eigenvalue weighted by Gasteiger charge is 2.18. The molecule has 0 aliphatic rings. The Morgan fingerprint density at radius 3 is 2.50 bits per heavy atom. The molecule has 0 aromatic carbocycles. The van der Waals surface area contributed by atoms with E-state index in [-0.39, 0.29) is 15.7 Å². The topological polar surface area (TPSA) is 26.3 Å². The van der Waals surface area contributed by atoms with E-state index in [0.717, 1.165) is 0 Å². The fourth-order valence-corrected chi connectivity index (χ4v) is 1.14. The molecule has 0 amide bonds. The molecule has 0 unspecified atom stereocenters. The van der Waals surface area contributed by atoms with Gasteiger partial charge in [-0.3, -0.25) is 0 Å². The summed E-state index contributed by atoms with van der Waals surface area (Å²) in [6.45, 7) is 6.68. The Bertz CT molecular complexity index is 186. The van der Waals surface area contributed by atoms with Crippen LogP contribution < -0.4 is 0 Å². The van der Waals surface area contributed by atoms with Crippen LogP contribution in [0.4, 0.5) is 0 Å². The van der Waals surface area contributed by atoms with Crippen molar-refractivity contribution >= 4 is 38.7 Å². The summed E-state index contributed by atoms with van der Waals surface area (Å²) in [6.07, 6.45) is 0.245. The largest absolute Gasteiger partial charge is 0.467 e. The molecule has 0 fully saturated rings. The Morgan fingerprint density at radius 2 is 2.17 bits per heavy atom. The highest BCUT2D eigenvalue weighted by Crippen LogP contribution is 2.16. The zero-order valence-electron chi connectivity index (χ0n) is 6.99. The first kappa shape index (κ1) is 12.0. The lowest BCUT2D eigenvalue weighted by Gasteiger charge is -2.11. The van der Waals surface area contributed by atoms with Crippen molar-refractivity contribution in [3.05, 3.63) is 12.2 Å². The second-order valence-electron chi connectivity index (χ2n) is 2.42. The number of rotatable bonds is 4. The number of halogens is 2. The molecule has 0 aliphatic carbocycles. The third-order valence-electron chi connectivity index (χ3n) is 0.934. The second-order valence-corrected chi connectivity index (χ2v) is 6.40. The predicted octanol–water partition coefficient (Wildman–Crippen LogP) is 1.92. The molecule has 68 valence electrons. The van der Waals surface area contributed by atoms with Crippen molar-refractivity contribution in [3.8, 4) is 0 Å². The van der Waals surface area contributed by atoms with Gasteiger partial charge in [-0.2, -0.15) is 0 Å². The standard InChI is InChI=1S/C7H10Cl2O2Si/c1-5(2)6(10)11-4-12-7(3,8)9/h1,4H2,2-3H3. The van der Waals surface area contributed by atoms with E-state index in [1.807, 2.05) is 0 Å². The van der Waals surface area contributed by atoms with Crippen molar-refractivity contribution < 1.29 is 9.53 Å². The van der Waals surface area contributed by atoms with Crippen LogP contribution in [0.3, 0.4) is 0 Å². The van der Waals surface area contributed by atoms with Crippen molar-refractivity contribution in [1.82, 2.24) is 0 Å². The van der Waals surface area contributed by atoms with Crippen molar-refractivity contribution in [3.63, 3.8) is 0 Å². The first-order chi connectivity index (χ1) is 5.33. The van der Waals surface area contributed by atoms with E-state index in [4.69, 9.17) is 27.9 Å². The SMILES string of the molecule is C=C(C)C(=O)OC[Si]C(C)(Cl)Cl. The maximum absolute atomic E-state index is 10.8. The van der Waals surface area contributed by atoms with Gasteiger partial charge >= 0.3 is 5.97 Å². The second kappa shape index (κ2) is 4.89. The number of hydrogen-bond acceptors (Lipinski definition) is 2. The van der Waals surface area contributed by atoms with Crippen LogP contribution in [0.2, 0.25) is 0 Å². The summed E-state index contributed by atoms with van der Waals surface area (Å²) >= 11 is 11.3. The zero-order chi connectivity index (χ0) is 9.78. The Kier molecular flexibility index (Phi) is 4.90. The van der Waals surface area contributed by atoms with Gasteiger partial charge in [-0.05, 0) is 13.8 Å². The molecule has 5 heteroatoms. The fraction of sp³-hybridized carbons (Fsp3) is 0.571. The minimum Gasteiger partial charge on any atom is -0.467 e. The van der Waals surface area contributed by atoms with E-state index in [2.05, 4.69) is 6.58 Å². The monoisotopic (exact) mass is 224 g/mol. The van der Waals surface area contributed by atoms with E-state index in [0.29, 0.717) is 5.57 Å². The van der Waals surface area contributed by atoms with E-state index in [1.54, 1.807) is 13.8 Å². The van der Waals surface area contributed by atoms with Gasteiger partial charge < -0.3 is 4.74 Å². The zero-order valence-corrected chi connectivity index (χ0v) is 9.50. The molecule has 0 aromatic heterocycles. The number of ether oxygens (including phenoxy) is 1. The van der Waals surface area contributed by atoms with Crippen LogP contribution in [0.1, 0.15) is 13.8 Å². The quantitative estimate of drug-likeness (QED) is 0.316. The van der Waals surface area contributed by atoms with Crippen LogP contribution in [0, 0.1) is 0 Å². The Labute approximate surface area is 84.7 Å². The first-order valence-electron chi connectivity index (χ1n) is 3.28. The molecule has 0 rings (SSSR count).